The van der Waals surface area contributed by atoms with E-state index in [0.29, 0.717) is 0 Å². The Hall–Kier alpha value is -1.95. The summed E-state index contributed by atoms with van der Waals surface area (Å²) in [4.78, 5) is 0. The molecular formula is C28H30BrP. The monoisotopic (exact) mass is 476 g/mol. The molecule has 0 saturated carbocycles. The van der Waals surface area contributed by atoms with E-state index in [9.17, 15) is 0 Å². The van der Waals surface area contributed by atoms with E-state index < -0.39 is 5.31 Å². The zero-order chi connectivity index (χ0) is 21.5. The zero-order valence-corrected chi connectivity index (χ0v) is 21.0. The molecule has 1 aliphatic carbocycles. The quantitative estimate of drug-likeness (QED) is 0.348. The maximum absolute atomic E-state index is 4.66. The van der Waals surface area contributed by atoms with Crippen molar-refractivity contribution in [3.63, 3.8) is 0 Å². The molecule has 0 aliphatic heterocycles. The number of rotatable bonds is 4. The minimum atomic E-state index is -3.08. The molecule has 0 N–H and O–H groups in total. The number of allylic oxidation sites excluding steroid dienone is 4. The number of halogens is 1. The summed E-state index contributed by atoms with van der Waals surface area (Å²) in [5.41, 5.74) is 7.03. The summed E-state index contributed by atoms with van der Waals surface area (Å²) in [5.74, 6) is 0. The summed E-state index contributed by atoms with van der Waals surface area (Å²) < 4.78 is 0. The molecule has 154 valence electrons. The molecule has 30 heavy (non-hydrogen) atoms. The SMILES string of the molecule is Cc1c(C)c(C)c(P(Br)(C2=CC=CC2)(c2ccccc2)c2ccccc2)c(C)c1C. The van der Waals surface area contributed by atoms with Gasteiger partial charge in [-0.3, -0.25) is 0 Å². The van der Waals surface area contributed by atoms with Crippen molar-refractivity contribution in [2.45, 2.75) is 41.0 Å². The molecule has 0 fully saturated rings. The van der Waals surface area contributed by atoms with E-state index in [1.165, 1.54) is 49.0 Å². The van der Waals surface area contributed by atoms with E-state index in [1.54, 1.807) is 0 Å². The summed E-state index contributed by atoms with van der Waals surface area (Å²) in [6, 6.07) is 22.3. The fraction of sp³-hybridized carbons (Fsp3) is 0.214. The van der Waals surface area contributed by atoms with Crippen molar-refractivity contribution < 1.29 is 0 Å². The molecule has 0 spiro atoms. The molecule has 0 heterocycles. The third-order valence-electron chi connectivity index (χ3n) is 7.15. The molecule has 3 aromatic carbocycles. The van der Waals surface area contributed by atoms with Crippen molar-refractivity contribution in [1.29, 1.82) is 0 Å². The molecule has 0 atom stereocenters. The average Bonchev–Trinajstić information content (AvgIpc) is 3.34. The van der Waals surface area contributed by atoms with Gasteiger partial charge in [0, 0.05) is 0 Å². The van der Waals surface area contributed by atoms with Gasteiger partial charge in [0.15, 0.2) is 0 Å². The maximum atomic E-state index is 4.66. The van der Waals surface area contributed by atoms with Crippen molar-refractivity contribution in [3.05, 3.63) is 112 Å². The van der Waals surface area contributed by atoms with E-state index >= 15 is 0 Å². The average molecular weight is 477 g/mol. The third kappa shape index (κ3) is 2.75. The van der Waals surface area contributed by atoms with Gasteiger partial charge in [-0.15, -0.1) is 0 Å². The topological polar surface area (TPSA) is 0 Å². The molecule has 1 aliphatic rings. The van der Waals surface area contributed by atoms with Gasteiger partial charge in [0.25, 0.3) is 0 Å². The van der Waals surface area contributed by atoms with E-state index in [2.05, 4.69) is 129 Å². The van der Waals surface area contributed by atoms with Crippen LogP contribution in [-0.4, -0.2) is 0 Å². The van der Waals surface area contributed by atoms with Gasteiger partial charge in [0.2, 0.25) is 0 Å². The Morgan fingerprint density at radius 2 is 1.07 bits per heavy atom. The molecule has 4 rings (SSSR count). The molecule has 0 bridgehead atoms. The number of hydrogen-bond donors (Lipinski definition) is 0. The van der Waals surface area contributed by atoms with Gasteiger partial charge in [-0.25, -0.2) is 0 Å². The summed E-state index contributed by atoms with van der Waals surface area (Å²) >= 11 is 4.66. The van der Waals surface area contributed by atoms with Crippen LogP contribution in [0.3, 0.4) is 0 Å². The van der Waals surface area contributed by atoms with Gasteiger partial charge < -0.3 is 0 Å². The van der Waals surface area contributed by atoms with Crippen LogP contribution in [0.15, 0.2) is 84.2 Å². The van der Waals surface area contributed by atoms with Crippen LogP contribution >= 0.6 is 20.8 Å². The summed E-state index contributed by atoms with van der Waals surface area (Å²) in [5, 5.41) is 2.63. The summed E-state index contributed by atoms with van der Waals surface area (Å²) in [7, 11) is 0. The van der Waals surface area contributed by atoms with E-state index in [-0.39, 0.29) is 0 Å². The van der Waals surface area contributed by atoms with Crippen molar-refractivity contribution in [2.75, 3.05) is 0 Å². The van der Waals surface area contributed by atoms with E-state index in [4.69, 9.17) is 0 Å². The Morgan fingerprint density at radius 3 is 1.47 bits per heavy atom. The van der Waals surface area contributed by atoms with Crippen LogP contribution in [0.5, 0.6) is 0 Å². The van der Waals surface area contributed by atoms with Crippen LogP contribution < -0.4 is 15.9 Å². The van der Waals surface area contributed by atoms with Crippen LogP contribution in [0.1, 0.15) is 34.2 Å². The van der Waals surface area contributed by atoms with Gasteiger partial charge >= 0.3 is 190 Å². The molecule has 3 aromatic rings. The first-order chi connectivity index (χ1) is 14.3. The zero-order valence-electron chi connectivity index (χ0n) is 18.5. The third-order valence-corrected chi connectivity index (χ3v) is 17.5. The van der Waals surface area contributed by atoms with Gasteiger partial charge in [0.05, 0.1) is 0 Å². The second-order valence-corrected chi connectivity index (χ2v) is 16.8. The molecule has 0 radical (unpaired) electrons. The first-order valence-electron chi connectivity index (χ1n) is 10.6. The van der Waals surface area contributed by atoms with Crippen molar-refractivity contribution in [3.8, 4) is 0 Å². The fourth-order valence-corrected chi connectivity index (χ4v) is 14.6. The normalized spacial score (nSPS) is 15.0. The standard InChI is InChI=1S/C28H30BrP/c1-20-21(2)23(4)28(24(5)22(20)3)30(29,27-18-12-13-19-27,25-14-8-6-9-15-25)26-16-10-7-11-17-26/h6-18H,19H2,1-5H3. The summed E-state index contributed by atoms with van der Waals surface area (Å²) in [6.07, 6.45) is 7.85. The van der Waals surface area contributed by atoms with Crippen LogP contribution in [0.25, 0.3) is 0 Å². The predicted octanol–water partition coefficient (Wildman–Crippen LogP) is 7.21. The van der Waals surface area contributed by atoms with Gasteiger partial charge in [0.1, 0.15) is 0 Å². The van der Waals surface area contributed by atoms with E-state index in [0.717, 1.165) is 6.42 Å². The predicted molar refractivity (Wildman–Crippen MR) is 140 cm³/mol. The van der Waals surface area contributed by atoms with Crippen LogP contribution in [0.2, 0.25) is 0 Å². The molecular weight excluding hydrogens is 447 g/mol. The Labute approximate surface area is 189 Å². The first kappa shape index (κ1) is 21.3. The molecule has 0 amide bonds. The fourth-order valence-electron chi connectivity index (χ4n) is 5.16. The molecule has 0 nitrogen and oxygen atoms in total. The Morgan fingerprint density at radius 1 is 0.633 bits per heavy atom. The Bertz CT molecular complexity index is 1100. The molecule has 0 saturated heterocycles. The van der Waals surface area contributed by atoms with Gasteiger partial charge in [-0.05, 0) is 0 Å². The molecule has 0 aromatic heterocycles. The summed E-state index contributed by atoms with van der Waals surface area (Å²) in [6.45, 7) is 11.5. The second kappa shape index (κ2) is 7.63. The van der Waals surface area contributed by atoms with Crippen LogP contribution in [0, 0.1) is 34.6 Å². The number of hydrogen-bond acceptors (Lipinski definition) is 0. The van der Waals surface area contributed by atoms with Crippen molar-refractivity contribution in [1.82, 2.24) is 0 Å². The van der Waals surface area contributed by atoms with Gasteiger partial charge in [-0.2, -0.15) is 0 Å². The first-order valence-corrected chi connectivity index (χ1v) is 14.9. The van der Waals surface area contributed by atoms with Crippen LogP contribution in [-0.2, 0) is 0 Å². The number of benzene rings is 3. The minimum absolute atomic E-state index is 0.970. The Balaban J connectivity index is 2.31. The van der Waals surface area contributed by atoms with Crippen LogP contribution in [0.4, 0.5) is 0 Å². The van der Waals surface area contributed by atoms with E-state index in [1.807, 2.05) is 0 Å². The van der Waals surface area contributed by atoms with Crippen molar-refractivity contribution in [2.24, 2.45) is 0 Å². The molecule has 0 unspecified atom stereocenters. The Kier molecular flexibility index (Phi) is 5.41. The van der Waals surface area contributed by atoms with Gasteiger partial charge in [-0.1, -0.05) is 0 Å². The second-order valence-electron chi connectivity index (χ2n) is 8.44. The molecule has 2 heteroatoms. The van der Waals surface area contributed by atoms with Crippen molar-refractivity contribution >= 4 is 36.7 Å².